The van der Waals surface area contributed by atoms with Crippen molar-refractivity contribution in [3.05, 3.63) is 59.2 Å². The molecule has 3 amide bonds. The first-order valence-corrected chi connectivity index (χ1v) is 10.4. The number of carbonyl (C=O) groups excluding carboxylic acids is 3. The van der Waals surface area contributed by atoms with Gasteiger partial charge in [-0.05, 0) is 48.2 Å². The number of carbonyl (C=O) groups is 3. The van der Waals surface area contributed by atoms with Crippen molar-refractivity contribution in [1.82, 2.24) is 10.2 Å². The molecule has 1 aliphatic heterocycles. The largest absolute Gasteiger partial charge is 0.399 e. The molecule has 0 radical (unpaired) electrons. The second kappa shape index (κ2) is 10.1. The quantitative estimate of drug-likeness (QED) is 0.648. The van der Waals surface area contributed by atoms with Crippen molar-refractivity contribution in [1.29, 1.82) is 0 Å². The topological polar surface area (TPSA) is 114 Å². The van der Waals surface area contributed by atoms with E-state index in [0.29, 0.717) is 11.3 Å². The van der Waals surface area contributed by atoms with Crippen LogP contribution >= 0.6 is 0 Å². The number of hydrogen-bond donors (Lipinski definition) is 2. The molecule has 0 spiro atoms. The molecule has 0 aromatic heterocycles. The van der Waals surface area contributed by atoms with E-state index in [9.17, 15) is 14.4 Å². The van der Waals surface area contributed by atoms with Crippen LogP contribution in [0, 0.1) is 13.8 Å². The highest BCUT2D eigenvalue weighted by Gasteiger charge is 2.38. The summed E-state index contributed by atoms with van der Waals surface area (Å²) in [7, 11) is 1.42. The molecule has 1 fully saturated rings. The number of oxime groups is 1. The van der Waals surface area contributed by atoms with Gasteiger partial charge in [-0.25, -0.2) is 0 Å². The number of nitrogens with one attached hydrogen (secondary N) is 1. The second-order valence-electron chi connectivity index (χ2n) is 7.84. The standard InChI is InChI=1S/C24H28N4O4/c1-15-5-4-6-16(2)22(15)17-7-9-18(10-8-17)24(31)28-14-19(27-32-3)13-20(28)23(30)26-12-11-21(25)29/h4-10,20H,11-14H2,1-3H3,(H2,25,29)(H,26,30)/b27-19-/t20-/m0/s1. The Balaban J connectivity index is 1.81. The van der Waals surface area contributed by atoms with Crippen molar-refractivity contribution in [3.8, 4) is 11.1 Å². The van der Waals surface area contributed by atoms with Gasteiger partial charge in [0.2, 0.25) is 11.8 Å². The Bertz CT molecular complexity index is 1030. The van der Waals surface area contributed by atoms with E-state index in [1.807, 2.05) is 18.2 Å². The first-order valence-electron chi connectivity index (χ1n) is 10.4. The fraction of sp³-hybridized carbons (Fsp3) is 0.333. The molecule has 1 heterocycles. The summed E-state index contributed by atoms with van der Waals surface area (Å²) < 4.78 is 0. The maximum Gasteiger partial charge on any atom is 0.254 e. The number of aryl methyl sites for hydroxylation is 2. The normalized spacial score (nSPS) is 16.8. The Hall–Kier alpha value is -3.68. The zero-order valence-electron chi connectivity index (χ0n) is 18.6. The van der Waals surface area contributed by atoms with Crippen molar-refractivity contribution in [2.75, 3.05) is 20.2 Å². The molecule has 32 heavy (non-hydrogen) atoms. The molecule has 1 aliphatic rings. The van der Waals surface area contributed by atoms with E-state index in [-0.39, 0.29) is 37.7 Å². The van der Waals surface area contributed by atoms with Crippen LogP contribution in [0.3, 0.4) is 0 Å². The lowest BCUT2D eigenvalue weighted by Gasteiger charge is -2.23. The molecule has 2 aromatic rings. The Morgan fingerprint density at radius 2 is 1.78 bits per heavy atom. The molecular formula is C24H28N4O4. The lowest BCUT2D eigenvalue weighted by Crippen LogP contribution is -2.46. The van der Waals surface area contributed by atoms with Gasteiger partial charge in [0.05, 0.1) is 12.3 Å². The first kappa shape index (κ1) is 23.0. The maximum atomic E-state index is 13.3. The molecule has 168 valence electrons. The summed E-state index contributed by atoms with van der Waals surface area (Å²) in [5, 5.41) is 6.60. The highest BCUT2D eigenvalue weighted by molar-refractivity contribution is 6.05. The summed E-state index contributed by atoms with van der Waals surface area (Å²) in [6.07, 6.45) is 0.299. The molecule has 8 nitrogen and oxygen atoms in total. The lowest BCUT2D eigenvalue weighted by atomic mass is 9.95. The van der Waals surface area contributed by atoms with E-state index >= 15 is 0 Å². The molecule has 8 heteroatoms. The minimum atomic E-state index is -0.734. The lowest BCUT2D eigenvalue weighted by molar-refractivity contribution is -0.125. The Morgan fingerprint density at radius 3 is 2.38 bits per heavy atom. The van der Waals surface area contributed by atoms with E-state index in [0.717, 1.165) is 22.3 Å². The fourth-order valence-corrected chi connectivity index (χ4v) is 3.99. The van der Waals surface area contributed by atoms with Crippen LogP contribution < -0.4 is 11.1 Å². The van der Waals surface area contributed by atoms with Crippen molar-refractivity contribution >= 4 is 23.4 Å². The van der Waals surface area contributed by atoms with Crippen LogP contribution in [0.4, 0.5) is 0 Å². The van der Waals surface area contributed by atoms with Gasteiger partial charge < -0.3 is 20.8 Å². The summed E-state index contributed by atoms with van der Waals surface area (Å²) in [5.41, 5.74) is 10.7. The number of nitrogens with two attached hydrogens (primary N) is 1. The highest BCUT2D eigenvalue weighted by Crippen LogP contribution is 2.28. The van der Waals surface area contributed by atoms with Crippen LogP contribution in [0.15, 0.2) is 47.6 Å². The van der Waals surface area contributed by atoms with Gasteiger partial charge in [-0.3, -0.25) is 14.4 Å². The monoisotopic (exact) mass is 436 g/mol. The van der Waals surface area contributed by atoms with Crippen LogP contribution in [-0.4, -0.2) is 54.6 Å². The van der Waals surface area contributed by atoms with E-state index in [4.69, 9.17) is 10.6 Å². The second-order valence-corrected chi connectivity index (χ2v) is 7.84. The van der Waals surface area contributed by atoms with Crippen molar-refractivity contribution in [2.45, 2.75) is 32.7 Å². The molecule has 2 aromatic carbocycles. The average Bonchev–Trinajstić information content (AvgIpc) is 3.17. The minimum Gasteiger partial charge on any atom is -0.399 e. The number of primary amides is 1. The zero-order chi connectivity index (χ0) is 23.3. The minimum absolute atomic E-state index is 0.0329. The van der Waals surface area contributed by atoms with Gasteiger partial charge in [-0.1, -0.05) is 35.5 Å². The zero-order valence-corrected chi connectivity index (χ0v) is 18.6. The van der Waals surface area contributed by atoms with Crippen LogP contribution in [0.25, 0.3) is 11.1 Å². The van der Waals surface area contributed by atoms with Gasteiger partial charge >= 0.3 is 0 Å². The molecule has 0 bridgehead atoms. The van der Waals surface area contributed by atoms with Crippen LogP contribution in [0.5, 0.6) is 0 Å². The van der Waals surface area contributed by atoms with E-state index < -0.39 is 11.9 Å². The third kappa shape index (κ3) is 5.14. The Morgan fingerprint density at radius 1 is 1.12 bits per heavy atom. The number of amides is 3. The van der Waals surface area contributed by atoms with Crippen molar-refractivity contribution in [2.24, 2.45) is 10.9 Å². The Labute approximate surface area is 187 Å². The molecule has 0 saturated carbocycles. The number of hydrogen-bond acceptors (Lipinski definition) is 5. The van der Waals surface area contributed by atoms with Crippen molar-refractivity contribution in [3.63, 3.8) is 0 Å². The van der Waals surface area contributed by atoms with Crippen molar-refractivity contribution < 1.29 is 19.2 Å². The summed E-state index contributed by atoms with van der Waals surface area (Å²) in [5.74, 6) is -1.13. The first-order chi connectivity index (χ1) is 15.3. The summed E-state index contributed by atoms with van der Waals surface area (Å²) in [4.78, 5) is 43.2. The smallest absolute Gasteiger partial charge is 0.254 e. The van der Waals surface area contributed by atoms with Gasteiger partial charge in [0.25, 0.3) is 5.91 Å². The molecule has 1 saturated heterocycles. The number of nitrogens with zero attached hydrogens (tertiary/aromatic N) is 2. The third-order valence-electron chi connectivity index (χ3n) is 5.51. The summed E-state index contributed by atoms with van der Waals surface area (Å²) >= 11 is 0. The summed E-state index contributed by atoms with van der Waals surface area (Å²) in [6.45, 7) is 4.43. The SMILES string of the molecule is CO/N=C1/C[C@@H](C(=O)NCCC(N)=O)N(C(=O)c2ccc(-c3c(C)cccc3C)cc2)C1. The third-order valence-corrected chi connectivity index (χ3v) is 5.51. The van der Waals surface area contributed by atoms with Gasteiger partial charge in [0.15, 0.2) is 0 Å². The molecular weight excluding hydrogens is 408 g/mol. The number of benzene rings is 2. The average molecular weight is 437 g/mol. The van der Waals surface area contributed by atoms with E-state index in [1.54, 1.807) is 12.1 Å². The fourth-order valence-electron chi connectivity index (χ4n) is 3.99. The summed E-state index contributed by atoms with van der Waals surface area (Å²) in [6, 6.07) is 12.8. The van der Waals surface area contributed by atoms with Crippen LogP contribution in [0.1, 0.15) is 34.3 Å². The molecule has 3 rings (SSSR count). The van der Waals surface area contributed by atoms with Gasteiger partial charge in [0, 0.05) is 24.9 Å². The van der Waals surface area contributed by atoms with Crippen LogP contribution in [0.2, 0.25) is 0 Å². The predicted molar refractivity (Wildman–Crippen MR) is 122 cm³/mol. The highest BCUT2D eigenvalue weighted by atomic mass is 16.6. The number of rotatable bonds is 7. The molecule has 3 N–H and O–H groups in total. The van der Waals surface area contributed by atoms with E-state index in [2.05, 4.69) is 36.5 Å². The predicted octanol–water partition coefficient (Wildman–Crippen LogP) is 2.18. The van der Waals surface area contributed by atoms with Gasteiger partial charge in [0.1, 0.15) is 13.2 Å². The Kier molecular flexibility index (Phi) is 7.25. The van der Waals surface area contributed by atoms with Gasteiger partial charge in [-0.2, -0.15) is 0 Å². The molecule has 0 unspecified atom stereocenters. The molecule has 0 aliphatic carbocycles. The van der Waals surface area contributed by atoms with Crippen LogP contribution in [-0.2, 0) is 14.4 Å². The molecule has 1 atom stereocenters. The maximum absolute atomic E-state index is 13.3. The number of likely N-dealkylation sites (tertiary alicyclic amines) is 1. The van der Waals surface area contributed by atoms with Gasteiger partial charge in [-0.15, -0.1) is 0 Å². The van der Waals surface area contributed by atoms with E-state index in [1.165, 1.54) is 12.0 Å².